The third kappa shape index (κ3) is 5.83. The Morgan fingerprint density at radius 1 is 0.773 bits per heavy atom. The number of hydrogen-bond acceptors (Lipinski definition) is 3. The third-order valence-electron chi connectivity index (χ3n) is 1.69. The highest BCUT2D eigenvalue weighted by Gasteiger charge is 2.79. The number of aliphatic hydroxyl groups is 1. The molecule has 0 atom stereocenters. The molecular weight excluding hydrogens is 340 g/mol. The van der Waals surface area contributed by atoms with Crippen molar-refractivity contribution in [1.82, 2.24) is 0 Å². The van der Waals surface area contributed by atoms with Crippen LogP contribution in [-0.2, 0) is 9.59 Å². The van der Waals surface area contributed by atoms with Gasteiger partial charge in [-0.2, -0.15) is 35.1 Å². The second-order valence-electron chi connectivity index (χ2n) is 3.59. The van der Waals surface area contributed by atoms with Crippen LogP contribution in [0.1, 0.15) is 6.92 Å². The Hall–Kier alpha value is -1.92. The van der Waals surface area contributed by atoms with E-state index in [2.05, 4.69) is 0 Å². The van der Waals surface area contributed by atoms with Gasteiger partial charge >= 0.3 is 35.8 Å². The van der Waals surface area contributed by atoms with Gasteiger partial charge < -0.3 is 15.3 Å². The van der Waals surface area contributed by atoms with Gasteiger partial charge in [0.15, 0.2) is 0 Å². The van der Waals surface area contributed by atoms with Crippen LogP contribution in [0.3, 0.4) is 0 Å². The predicted molar refractivity (Wildman–Crippen MR) is 52.1 cm³/mol. The lowest BCUT2D eigenvalue weighted by atomic mass is 10.1. The molecule has 130 valence electrons. The minimum absolute atomic E-state index is 0.558. The van der Waals surface area contributed by atoms with E-state index in [-0.39, 0.29) is 0 Å². The Labute approximate surface area is 116 Å². The molecule has 22 heavy (non-hydrogen) atoms. The maximum Gasteiger partial charge on any atom is 0.423 e. The van der Waals surface area contributed by atoms with Crippen molar-refractivity contribution in [2.24, 2.45) is 0 Å². The van der Waals surface area contributed by atoms with E-state index in [1.807, 2.05) is 0 Å². The summed E-state index contributed by atoms with van der Waals surface area (Å²) in [4.78, 5) is 19.1. The van der Waals surface area contributed by atoms with Crippen LogP contribution in [0, 0.1) is 0 Å². The molecule has 0 aliphatic heterocycles. The maximum atomic E-state index is 12.1. The van der Waals surface area contributed by atoms with E-state index in [1.165, 1.54) is 0 Å². The molecule has 0 heterocycles. The summed E-state index contributed by atoms with van der Waals surface area (Å²) in [6, 6.07) is 0. The summed E-state index contributed by atoms with van der Waals surface area (Å²) < 4.78 is 94.8. The topological polar surface area (TPSA) is 94.8 Å². The van der Waals surface area contributed by atoms with Gasteiger partial charge in [0.05, 0.1) is 0 Å². The van der Waals surface area contributed by atoms with Crippen molar-refractivity contribution in [2.75, 3.05) is 0 Å². The molecule has 0 spiro atoms. The second-order valence-corrected chi connectivity index (χ2v) is 3.59. The van der Waals surface area contributed by atoms with Gasteiger partial charge in [-0.15, -0.1) is 0 Å². The minimum atomic E-state index is -6.54. The monoisotopic (exact) mass is 348 g/mol. The molecule has 0 saturated heterocycles. The lowest BCUT2D eigenvalue weighted by molar-refractivity contribution is -0.414. The number of rotatable bonds is 5. The molecule has 0 fully saturated rings. The van der Waals surface area contributed by atoms with Crippen molar-refractivity contribution >= 4 is 11.9 Å². The summed E-state index contributed by atoms with van der Waals surface area (Å²) in [6.45, 7) is -0.660. The van der Waals surface area contributed by atoms with Gasteiger partial charge in [-0.1, -0.05) is 0 Å². The Morgan fingerprint density at radius 3 is 1.14 bits per heavy atom. The highest BCUT2D eigenvalue weighted by molar-refractivity contribution is 5.89. The number of halogens is 8. The lowest BCUT2D eigenvalue weighted by Crippen LogP contribution is -2.61. The van der Waals surface area contributed by atoms with Crippen LogP contribution >= 0.6 is 0 Å². The lowest BCUT2D eigenvalue weighted by Gasteiger charge is -2.32. The summed E-state index contributed by atoms with van der Waals surface area (Å²) in [5.41, 5.74) is 0. The van der Waals surface area contributed by atoms with E-state index in [0.29, 0.717) is 12.2 Å². The summed E-state index contributed by atoms with van der Waals surface area (Å²) >= 11 is 0. The first-order chi connectivity index (χ1) is 9.38. The molecule has 13 heteroatoms. The first-order valence-electron chi connectivity index (χ1n) is 4.75. The van der Waals surface area contributed by atoms with Gasteiger partial charge in [-0.25, -0.2) is 9.59 Å². The van der Waals surface area contributed by atoms with Crippen LogP contribution in [0.15, 0.2) is 12.2 Å². The molecule has 0 amide bonds. The number of carbonyl (C=O) groups is 2. The van der Waals surface area contributed by atoms with Crippen molar-refractivity contribution in [3.8, 4) is 0 Å². The van der Waals surface area contributed by atoms with Crippen LogP contribution in [0.5, 0.6) is 0 Å². The van der Waals surface area contributed by atoms with Crippen LogP contribution in [0.4, 0.5) is 35.1 Å². The van der Waals surface area contributed by atoms with Crippen molar-refractivity contribution in [1.29, 1.82) is 0 Å². The van der Waals surface area contributed by atoms with Gasteiger partial charge in [-0.3, -0.25) is 0 Å². The van der Waals surface area contributed by atoms with Crippen molar-refractivity contribution in [3.05, 3.63) is 12.2 Å². The first kappa shape index (κ1) is 22.4. The van der Waals surface area contributed by atoms with Gasteiger partial charge in [0.2, 0.25) is 0 Å². The zero-order valence-corrected chi connectivity index (χ0v) is 10.3. The van der Waals surface area contributed by atoms with Gasteiger partial charge in [-0.05, 0) is 0 Å². The van der Waals surface area contributed by atoms with E-state index in [1.54, 1.807) is 0 Å². The normalized spacial score (nSPS) is 13.5. The number of carboxylic acids is 2. The van der Waals surface area contributed by atoms with E-state index in [9.17, 15) is 44.7 Å². The van der Waals surface area contributed by atoms with Gasteiger partial charge in [0.25, 0.3) is 0 Å². The van der Waals surface area contributed by atoms with Gasteiger partial charge in [0, 0.05) is 19.1 Å². The number of alkyl halides is 8. The Balaban J connectivity index is 0. The summed E-state index contributed by atoms with van der Waals surface area (Å²) in [6.07, 6.45) is -5.11. The van der Waals surface area contributed by atoms with E-state index in [4.69, 9.17) is 15.3 Å². The quantitative estimate of drug-likeness (QED) is 0.523. The van der Waals surface area contributed by atoms with Crippen LogP contribution in [-0.4, -0.2) is 51.1 Å². The molecule has 0 radical (unpaired) electrons. The molecule has 0 bridgehead atoms. The molecule has 3 N–H and O–H groups in total. The standard InChI is InChI=1S/C5H4F8O.C4H4O4/c1-2(6,7)3(8,9)4(10,11)5(12,13)14;5-3(6)1-2-4(7)8/h14H,1H3;1-2H,(H,5,6)(H,7,8)/b;2-1-. The molecular formula is C9H8F8O5. The SMILES string of the molecule is CC(F)(F)C(F)(F)C(F)(F)C(O)(F)F.O=C(O)/C=C\C(=O)O. The van der Waals surface area contributed by atoms with Gasteiger partial charge in [0.1, 0.15) is 0 Å². The van der Waals surface area contributed by atoms with Crippen molar-refractivity contribution < 1.29 is 60.0 Å². The predicted octanol–water partition coefficient (Wildman–Crippen LogP) is 2.21. The van der Waals surface area contributed by atoms with Crippen molar-refractivity contribution in [2.45, 2.75) is 30.8 Å². The average Bonchev–Trinajstić information content (AvgIpc) is 2.23. The molecule has 0 saturated carbocycles. The zero-order chi connectivity index (χ0) is 18.6. The van der Waals surface area contributed by atoms with Crippen molar-refractivity contribution in [3.63, 3.8) is 0 Å². The van der Waals surface area contributed by atoms with E-state index in [0.717, 1.165) is 0 Å². The van der Waals surface area contributed by atoms with Crippen LogP contribution in [0.25, 0.3) is 0 Å². The number of aliphatic carboxylic acids is 2. The fourth-order valence-corrected chi connectivity index (χ4v) is 0.607. The molecule has 0 aliphatic rings. The number of hydrogen-bond donors (Lipinski definition) is 3. The fourth-order valence-electron chi connectivity index (χ4n) is 0.607. The van der Waals surface area contributed by atoms with Crippen LogP contribution in [0.2, 0.25) is 0 Å². The average molecular weight is 348 g/mol. The zero-order valence-electron chi connectivity index (χ0n) is 10.3. The summed E-state index contributed by atoms with van der Waals surface area (Å²) in [5.74, 6) is -20.8. The summed E-state index contributed by atoms with van der Waals surface area (Å²) in [5, 5.41) is 23.0. The van der Waals surface area contributed by atoms with Crippen LogP contribution < -0.4 is 0 Å². The molecule has 0 aromatic heterocycles. The smallest absolute Gasteiger partial charge is 0.423 e. The number of carboxylic acid groups (broad SMARTS) is 2. The Bertz CT molecular complexity index is 394. The summed E-state index contributed by atoms with van der Waals surface area (Å²) in [7, 11) is 0. The second kappa shape index (κ2) is 6.89. The van der Waals surface area contributed by atoms with E-state index < -0.39 is 42.7 Å². The first-order valence-corrected chi connectivity index (χ1v) is 4.75. The van der Waals surface area contributed by atoms with E-state index >= 15 is 0 Å². The molecule has 5 nitrogen and oxygen atoms in total. The highest BCUT2D eigenvalue weighted by atomic mass is 19.4. The largest absolute Gasteiger partial charge is 0.478 e. The molecule has 0 aromatic carbocycles. The molecule has 0 aliphatic carbocycles. The maximum absolute atomic E-state index is 12.1. The third-order valence-corrected chi connectivity index (χ3v) is 1.69. The molecule has 0 unspecified atom stereocenters. The Morgan fingerprint density at radius 2 is 1.05 bits per heavy atom. The molecule has 0 rings (SSSR count). The minimum Gasteiger partial charge on any atom is -0.478 e. The molecule has 0 aromatic rings. The fraction of sp³-hybridized carbons (Fsp3) is 0.556. The Kier molecular flexibility index (Phi) is 7.01. The highest BCUT2D eigenvalue weighted by Crippen LogP contribution is 2.51.